The molecule has 0 radical (unpaired) electrons. The summed E-state index contributed by atoms with van der Waals surface area (Å²) < 4.78 is 0. The van der Waals surface area contributed by atoms with Gasteiger partial charge < -0.3 is 10.0 Å². The van der Waals surface area contributed by atoms with Gasteiger partial charge in [0.25, 0.3) is 0 Å². The van der Waals surface area contributed by atoms with Gasteiger partial charge in [-0.3, -0.25) is 0 Å². The largest absolute Gasteiger partial charge is 0.477 e. The molecule has 0 aliphatic heterocycles. The van der Waals surface area contributed by atoms with Gasteiger partial charge in [0.2, 0.25) is 0 Å². The minimum atomic E-state index is -1.05. The first-order valence-corrected chi connectivity index (χ1v) is 7.93. The van der Waals surface area contributed by atoms with Crippen LogP contribution >= 0.6 is 0 Å². The summed E-state index contributed by atoms with van der Waals surface area (Å²) in [7, 11) is 1.81. The van der Waals surface area contributed by atoms with Crippen molar-refractivity contribution in [1.82, 2.24) is 9.97 Å². The maximum Gasteiger partial charge on any atom is 0.341 e. The summed E-state index contributed by atoms with van der Waals surface area (Å²) in [6, 6.07) is 15.7. The van der Waals surface area contributed by atoms with Gasteiger partial charge in [0.1, 0.15) is 5.56 Å². The number of carbonyl (C=O) groups is 1. The van der Waals surface area contributed by atoms with E-state index in [0.717, 1.165) is 22.4 Å². The molecule has 2 aromatic carbocycles. The van der Waals surface area contributed by atoms with Crippen LogP contribution in [0.1, 0.15) is 21.5 Å². The number of rotatable bonds is 4. The molecule has 1 heterocycles. The fourth-order valence-electron chi connectivity index (χ4n) is 2.59. The van der Waals surface area contributed by atoms with E-state index in [2.05, 4.69) is 9.97 Å². The smallest absolute Gasteiger partial charge is 0.341 e. The van der Waals surface area contributed by atoms with Gasteiger partial charge in [0.15, 0.2) is 11.6 Å². The Morgan fingerprint density at radius 3 is 2.40 bits per heavy atom. The van der Waals surface area contributed by atoms with Gasteiger partial charge >= 0.3 is 5.97 Å². The number of hydrogen-bond acceptors (Lipinski definition) is 4. The Hall–Kier alpha value is -3.21. The molecule has 3 aromatic rings. The summed E-state index contributed by atoms with van der Waals surface area (Å²) in [4.78, 5) is 22.2. The highest BCUT2D eigenvalue weighted by atomic mass is 16.4. The average molecular weight is 333 g/mol. The van der Waals surface area contributed by atoms with Crippen LogP contribution < -0.4 is 4.90 Å². The zero-order valence-corrected chi connectivity index (χ0v) is 14.4. The summed E-state index contributed by atoms with van der Waals surface area (Å²) in [6.07, 6.45) is 1.37. The normalized spacial score (nSPS) is 10.5. The van der Waals surface area contributed by atoms with E-state index in [0.29, 0.717) is 11.6 Å². The number of aryl methyl sites for hydroxylation is 2. The van der Waals surface area contributed by atoms with Crippen molar-refractivity contribution in [2.75, 3.05) is 11.9 Å². The first-order chi connectivity index (χ1) is 12.0. The highest BCUT2D eigenvalue weighted by Crippen LogP contribution is 2.27. The van der Waals surface area contributed by atoms with E-state index in [-0.39, 0.29) is 5.56 Å². The molecule has 1 N–H and O–H groups in total. The van der Waals surface area contributed by atoms with Crippen LogP contribution in [0.2, 0.25) is 0 Å². The van der Waals surface area contributed by atoms with Crippen LogP contribution in [-0.2, 0) is 0 Å². The third-order valence-electron chi connectivity index (χ3n) is 4.01. The van der Waals surface area contributed by atoms with E-state index < -0.39 is 5.97 Å². The molecule has 0 bridgehead atoms. The van der Waals surface area contributed by atoms with E-state index in [1.807, 2.05) is 62.4 Å². The second-order valence-electron chi connectivity index (χ2n) is 6.00. The van der Waals surface area contributed by atoms with Crippen LogP contribution in [0.4, 0.5) is 11.5 Å². The van der Waals surface area contributed by atoms with Gasteiger partial charge in [-0.15, -0.1) is 0 Å². The number of carboxylic acids is 1. The minimum Gasteiger partial charge on any atom is -0.477 e. The number of anilines is 2. The highest BCUT2D eigenvalue weighted by Gasteiger charge is 2.19. The second kappa shape index (κ2) is 6.73. The van der Waals surface area contributed by atoms with Crippen molar-refractivity contribution in [2.24, 2.45) is 0 Å². The monoisotopic (exact) mass is 333 g/mol. The van der Waals surface area contributed by atoms with Crippen molar-refractivity contribution in [1.29, 1.82) is 0 Å². The van der Waals surface area contributed by atoms with Crippen LogP contribution in [0.5, 0.6) is 0 Å². The molecule has 0 spiro atoms. The molecule has 25 heavy (non-hydrogen) atoms. The number of aromatic nitrogens is 2. The van der Waals surface area contributed by atoms with Crippen molar-refractivity contribution in [3.05, 3.63) is 71.4 Å². The van der Waals surface area contributed by atoms with Crippen LogP contribution in [0.15, 0.2) is 54.7 Å². The highest BCUT2D eigenvalue weighted by molar-refractivity contribution is 5.94. The van der Waals surface area contributed by atoms with Gasteiger partial charge in [0.05, 0.1) is 0 Å². The van der Waals surface area contributed by atoms with Crippen molar-refractivity contribution >= 4 is 17.5 Å². The third-order valence-corrected chi connectivity index (χ3v) is 4.01. The molecule has 126 valence electrons. The Labute approximate surface area is 146 Å². The van der Waals surface area contributed by atoms with Crippen LogP contribution in [0, 0.1) is 13.8 Å². The SMILES string of the molecule is Cc1ccc(N(C)c2nc(-c3cccc(C)c3)ncc2C(=O)O)cc1. The van der Waals surface area contributed by atoms with Gasteiger partial charge in [-0.1, -0.05) is 41.5 Å². The van der Waals surface area contributed by atoms with Crippen molar-refractivity contribution < 1.29 is 9.90 Å². The summed E-state index contributed by atoms with van der Waals surface area (Å²) in [5.41, 5.74) is 4.02. The standard InChI is InChI=1S/C20H19N3O2/c1-13-7-9-16(10-8-13)23(3)19-17(20(24)25)12-21-18(22-19)15-6-4-5-14(2)11-15/h4-12H,1-3H3,(H,24,25). The van der Waals surface area contributed by atoms with E-state index in [1.165, 1.54) is 6.20 Å². The molecule has 5 heteroatoms. The van der Waals surface area contributed by atoms with Crippen molar-refractivity contribution in [2.45, 2.75) is 13.8 Å². The zero-order chi connectivity index (χ0) is 18.0. The Balaban J connectivity index is 2.10. The van der Waals surface area contributed by atoms with E-state index in [4.69, 9.17) is 0 Å². The molecule has 0 saturated heterocycles. The quantitative estimate of drug-likeness (QED) is 0.774. The molecule has 0 aliphatic rings. The average Bonchev–Trinajstić information content (AvgIpc) is 2.61. The molecule has 3 rings (SSSR count). The Morgan fingerprint density at radius 2 is 1.76 bits per heavy atom. The summed E-state index contributed by atoms with van der Waals surface area (Å²) in [6.45, 7) is 4.00. The molecule has 0 amide bonds. The van der Waals surface area contributed by atoms with E-state index >= 15 is 0 Å². The van der Waals surface area contributed by atoms with Gasteiger partial charge in [0, 0.05) is 24.5 Å². The molecule has 0 fully saturated rings. The number of aromatic carboxylic acids is 1. The zero-order valence-electron chi connectivity index (χ0n) is 14.4. The van der Waals surface area contributed by atoms with Crippen LogP contribution in [0.25, 0.3) is 11.4 Å². The summed E-state index contributed by atoms with van der Waals surface area (Å²) in [5.74, 6) is -0.185. The summed E-state index contributed by atoms with van der Waals surface area (Å²) >= 11 is 0. The molecule has 1 aromatic heterocycles. The van der Waals surface area contributed by atoms with Gasteiger partial charge in [-0.2, -0.15) is 0 Å². The third kappa shape index (κ3) is 3.50. The first kappa shape index (κ1) is 16.6. The van der Waals surface area contributed by atoms with E-state index in [9.17, 15) is 9.90 Å². The lowest BCUT2D eigenvalue weighted by molar-refractivity contribution is 0.0697. The predicted octanol–water partition coefficient (Wildman–Crippen LogP) is 4.23. The minimum absolute atomic E-state index is 0.0690. The first-order valence-electron chi connectivity index (χ1n) is 7.93. The molecule has 5 nitrogen and oxygen atoms in total. The topological polar surface area (TPSA) is 66.3 Å². The predicted molar refractivity (Wildman–Crippen MR) is 98.4 cm³/mol. The molecular weight excluding hydrogens is 314 g/mol. The van der Waals surface area contributed by atoms with Gasteiger partial charge in [-0.05, 0) is 32.0 Å². The lowest BCUT2D eigenvalue weighted by Gasteiger charge is -2.20. The second-order valence-corrected chi connectivity index (χ2v) is 6.00. The Morgan fingerprint density at radius 1 is 1.04 bits per heavy atom. The van der Waals surface area contributed by atoms with E-state index in [1.54, 1.807) is 11.9 Å². The molecule has 0 unspecified atom stereocenters. The maximum absolute atomic E-state index is 11.6. The van der Waals surface area contributed by atoms with Gasteiger partial charge in [-0.25, -0.2) is 14.8 Å². The molecular formula is C20H19N3O2. The number of nitrogens with zero attached hydrogens (tertiary/aromatic N) is 3. The molecule has 0 aliphatic carbocycles. The fraction of sp³-hybridized carbons (Fsp3) is 0.150. The van der Waals surface area contributed by atoms with Crippen molar-refractivity contribution in [3.8, 4) is 11.4 Å². The molecule has 0 saturated carbocycles. The maximum atomic E-state index is 11.6. The number of hydrogen-bond donors (Lipinski definition) is 1. The van der Waals surface area contributed by atoms with Crippen LogP contribution in [-0.4, -0.2) is 28.1 Å². The summed E-state index contributed by atoms with van der Waals surface area (Å²) in [5, 5.41) is 9.50. The Kier molecular flexibility index (Phi) is 4.48. The number of benzene rings is 2. The number of carboxylic acid groups (broad SMARTS) is 1. The van der Waals surface area contributed by atoms with Crippen molar-refractivity contribution in [3.63, 3.8) is 0 Å². The molecule has 0 atom stereocenters. The van der Waals surface area contributed by atoms with Crippen LogP contribution in [0.3, 0.4) is 0 Å². The lowest BCUT2D eigenvalue weighted by atomic mass is 10.1. The lowest BCUT2D eigenvalue weighted by Crippen LogP contribution is -2.17. The Bertz CT molecular complexity index is 920. The fourth-order valence-corrected chi connectivity index (χ4v) is 2.59.